The van der Waals surface area contributed by atoms with Crippen LogP contribution in [0.15, 0.2) is 16.7 Å². The molecular formula is C13H19BrN2O2. The van der Waals surface area contributed by atoms with E-state index in [9.17, 15) is 4.79 Å². The van der Waals surface area contributed by atoms with Gasteiger partial charge in [-0.15, -0.1) is 0 Å². The summed E-state index contributed by atoms with van der Waals surface area (Å²) in [5, 5.41) is 2.77. The molecule has 18 heavy (non-hydrogen) atoms. The standard InChI is InChI=1S/C13H19BrN2O2/c1-8-6-10(14)7-15-11(8)9(2)16-12(17)18-13(3,4)5/h6-7,9H,1-5H3,(H,16,17). The molecule has 0 aliphatic carbocycles. The molecule has 1 heterocycles. The lowest BCUT2D eigenvalue weighted by Gasteiger charge is -2.22. The third-order valence-electron chi connectivity index (χ3n) is 2.23. The van der Waals surface area contributed by atoms with Crippen molar-refractivity contribution < 1.29 is 9.53 Å². The van der Waals surface area contributed by atoms with Crippen LogP contribution in [-0.2, 0) is 4.74 Å². The molecule has 0 fully saturated rings. The predicted molar refractivity (Wildman–Crippen MR) is 74.5 cm³/mol. The van der Waals surface area contributed by atoms with E-state index >= 15 is 0 Å². The first kappa shape index (κ1) is 15.0. The normalized spacial score (nSPS) is 13.0. The summed E-state index contributed by atoms with van der Waals surface area (Å²) < 4.78 is 6.13. The van der Waals surface area contributed by atoms with Crippen molar-refractivity contribution in [1.82, 2.24) is 10.3 Å². The van der Waals surface area contributed by atoms with Crippen LogP contribution in [0.4, 0.5) is 4.79 Å². The maximum Gasteiger partial charge on any atom is 0.408 e. The highest BCUT2D eigenvalue weighted by atomic mass is 79.9. The zero-order valence-electron chi connectivity index (χ0n) is 11.4. The van der Waals surface area contributed by atoms with Gasteiger partial charge >= 0.3 is 6.09 Å². The maximum atomic E-state index is 11.7. The first-order valence-electron chi connectivity index (χ1n) is 5.80. The van der Waals surface area contributed by atoms with E-state index in [-0.39, 0.29) is 6.04 Å². The number of halogens is 1. The Morgan fingerprint density at radius 2 is 2.11 bits per heavy atom. The van der Waals surface area contributed by atoms with Crippen LogP contribution in [0.5, 0.6) is 0 Å². The Labute approximate surface area is 116 Å². The Hall–Kier alpha value is -1.10. The Morgan fingerprint density at radius 1 is 1.50 bits per heavy atom. The minimum Gasteiger partial charge on any atom is -0.444 e. The molecule has 1 amide bonds. The Morgan fingerprint density at radius 3 is 2.61 bits per heavy atom. The van der Waals surface area contributed by atoms with Crippen LogP contribution in [0.25, 0.3) is 0 Å². The Bertz CT molecular complexity index is 441. The van der Waals surface area contributed by atoms with Crippen LogP contribution in [0.1, 0.15) is 45.0 Å². The molecule has 1 aromatic heterocycles. The van der Waals surface area contributed by atoms with Gasteiger partial charge in [0.25, 0.3) is 0 Å². The molecule has 100 valence electrons. The predicted octanol–water partition coefficient (Wildman–Crippen LogP) is 3.74. The molecule has 0 radical (unpaired) electrons. The summed E-state index contributed by atoms with van der Waals surface area (Å²) in [5.74, 6) is 0. The molecule has 0 saturated heterocycles. The lowest BCUT2D eigenvalue weighted by molar-refractivity contribution is 0.0507. The minimum absolute atomic E-state index is 0.187. The molecule has 4 nitrogen and oxygen atoms in total. The smallest absolute Gasteiger partial charge is 0.408 e. The van der Waals surface area contributed by atoms with Crippen molar-refractivity contribution in [2.75, 3.05) is 0 Å². The summed E-state index contributed by atoms with van der Waals surface area (Å²) in [6.45, 7) is 9.34. The van der Waals surface area contributed by atoms with E-state index in [1.54, 1.807) is 6.20 Å². The van der Waals surface area contributed by atoms with Crippen molar-refractivity contribution in [2.24, 2.45) is 0 Å². The van der Waals surface area contributed by atoms with Gasteiger partial charge < -0.3 is 10.1 Å². The molecular weight excluding hydrogens is 296 g/mol. The van der Waals surface area contributed by atoms with Gasteiger partial charge in [-0.2, -0.15) is 0 Å². The highest BCUT2D eigenvalue weighted by Crippen LogP contribution is 2.19. The number of ether oxygens (including phenoxy) is 1. The molecule has 0 spiro atoms. The zero-order valence-corrected chi connectivity index (χ0v) is 13.0. The number of carbonyl (C=O) groups is 1. The molecule has 1 unspecified atom stereocenters. The largest absolute Gasteiger partial charge is 0.444 e. The van der Waals surface area contributed by atoms with E-state index in [2.05, 4.69) is 26.2 Å². The van der Waals surface area contributed by atoms with Gasteiger partial charge in [0.15, 0.2) is 0 Å². The Kier molecular flexibility index (Phi) is 4.73. The fourth-order valence-electron chi connectivity index (χ4n) is 1.56. The van der Waals surface area contributed by atoms with Crippen molar-refractivity contribution in [3.8, 4) is 0 Å². The number of amides is 1. The minimum atomic E-state index is -0.494. The van der Waals surface area contributed by atoms with Crippen molar-refractivity contribution in [2.45, 2.75) is 46.3 Å². The second-order valence-electron chi connectivity index (χ2n) is 5.22. The number of aryl methyl sites for hydroxylation is 1. The maximum absolute atomic E-state index is 11.7. The topological polar surface area (TPSA) is 51.2 Å². The van der Waals surface area contributed by atoms with Gasteiger partial charge in [0.05, 0.1) is 11.7 Å². The van der Waals surface area contributed by atoms with E-state index < -0.39 is 11.7 Å². The van der Waals surface area contributed by atoms with E-state index in [1.165, 1.54) is 0 Å². The van der Waals surface area contributed by atoms with Crippen LogP contribution in [-0.4, -0.2) is 16.7 Å². The third-order valence-corrected chi connectivity index (χ3v) is 2.66. The molecule has 1 rings (SSSR count). The molecule has 0 saturated carbocycles. The highest BCUT2D eigenvalue weighted by molar-refractivity contribution is 9.10. The summed E-state index contributed by atoms with van der Waals surface area (Å²) in [5.41, 5.74) is 1.36. The molecule has 0 aliphatic rings. The lowest BCUT2D eigenvalue weighted by Crippen LogP contribution is -2.34. The SMILES string of the molecule is Cc1cc(Br)cnc1C(C)NC(=O)OC(C)(C)C. The molecule has 0 bridgehead atoms. The van der Waals surface area contributed by atoms with E-state index in [4.69, 9.17) is 4.74 Å². The zero-order chi connectivity index (χ0) is 13.9. The number of nitrogens with zero attached hydrogens (tertiary/aromatic N) is 1. The van der Waals surface area contributed by atoms with E-state index in [0.29, 0.717) is 0 Å². The highest BCUT2D eigenvalue weighted by Gasteiger charge is 2.19. The van der Waals surface area contributed by atoms with Gasteiger partial charge in [-0.25, -0.2) is 4.79 Å². The molecule has 0 aromatic carbocycles. The van der Waals surface area contributed by atoms with E-state index in [1.807, 2.05) is 40.7 Å². The van der Waals surface area contributed by atoms with Crippen molar-refractivity contribution in [1.29, 1.82) is 0 Å². The molecule has 0 aliphatic heterocycles. The fourth-order valence-corrected chi connectivity index (χ4v) is 2.00. The summed E-state index contributed by atoms with van der Waals surface area (Å²) >= 11 is 3.36. The average molecular weight is 315 g/mol. The monoisotopic (exact) mass is 314 g/mol. The van der Waals surface area contributed by atoms with Crippen molar-refractivity contribution in [3.63, 3.8) is 0 Å². The van der Waals surface area contributed by atoms with Crippen LogP contribution < -0.4 is 5.32 Å². The van der Waals surface area contributed by atoms with Crippen LogP contribution in [0.3, 0.4) is 0 Å². The van der Waals surface area contributed by atoms with Gasteiger partial charge in [0, 0.05) is 10.7 Å². The van der Waals surface area contributed by atoms with Crippen LogP contribution >= 0.6 is 15.9 Å². The van der Waals surface area contributed by atoms with Gasteiger partial charge in [-0.3, -0.25) is 4.98 Å². The second kappa shape index (κ2) is 5.69. The van der Waals surface area contributed by atoms with Crippen LogP contribution in [0.2, 0.25) is 0 Å². The number of nitrogens with one attached hydrogen (secondary N) is 1. The number of pyridine rings is 1. The van der Waals surface area contributed by atoms with Gasteiger partial charge in [0.1, 0.15) is 5.60 Å². The molecule has 5 heteroatoms. The number of hydrogen-bond acceptors (Lipinski definition) is 3. The molecule has 1 atom stereocenters. The van der Waals surface area contributed by atoms with Gasteiger partial charge in [0.2, 0.25) is 0 Å². The number of aromatic nitrogens is 1. The molecule has 1 N–H and O–H groups in total. The average Bonchev–Trinajstić information content (AvgIpc) is 2.13. The number of alkyl carbamates (subject to hydrolysis) is 1. The third kappa shape index (κ3) is 4.64. The number of hydrogen-bond donors (Lipinski definition) is 1. The van der Waals surface area contributed by atoms with Gasteiger partial charge in [-0.1, -0.05) is 0 Å². The summed E-state index contributed by atoms with van der Waals surface area (Å²) in [4.78, 5) is 16.0. The number of carbonyl (C=O) groups excluding carboxylic acids is 1. The van der Waals surface area contributed by atoms with E-state index in [0.717, 1.165) is 15.7 Å². The number of rotatable bonds is 2. The van der Waals surface area contributed by atoms with Crippen molar-refractivity contribution >= 4 is 22.0 Å². The van der Waals surface area contributed by atoms with Crippen LogP contribution in [0, 0.1) is 6.92 Å². The first-order valence-corrected chi connectivity index (χ1v) is 6.60. The first-order chi connectivity index (χ1) is 8.19. The molecule has 1 aromatic rings. The summed E-state index contributed by atoms with van der Waals surface area (Å²) in [6, 6.07) is 1.78. The quantitative estimate of drug-likeness (QED) is 0.904. The fraction of sp³-hybridized carbons (Fsp3) is 0.538. The second-order valence-corrected chi connectivity index (χ2v) is 6.14. The summed E-state index contributed by atoms with van der Waals surface area (Å²) in [6.07, 6.45) is 1.29. The van der Waals surface area contributed by atoms with Gasteiger partial charge in [-0.05, 0) is 62.2 Å². The summed E-state index contributed by atoms with van der Waals surface area (Å²) in [7, 11) is 0. The lowest BCUT2D eigenvalue weighted by atomic mass is 10.1. The Balaban J connectivity index is 2.71. The van der Waals surface area contributed by atoms with Crippen molar-refractivity contribution in [3.05, 3.63) is 28.0 Å².